The van der Waals surface area contributed by atoms with E-state index in [0.29, 0.717) is 31.7 Å². The molecule has 0 aliphatic carbocycles. The number of amides is 2. The van der Waals surface area contributed by atoms with Crippen LogP contribution in [0.15, 0.2) is 46.1 Å². The molecule has 1 aliphatic rings. The lowest BCUT2D eigenvalue weighted by molar-refractivity contribution is -0.123. The lowest BCUT2D eigenvalue weighted by Crippen LogP contribution is -2.49. The number of nitrogens with one attached hydrogen (secondary N) is 3. The fourth-order valence-electron chi connectivity index (χ4n) is 2.84. The Morgan fingerprint density at radius 2 is 2.04 bits per heavy atom. The van der Waals surface area contributed by atoms with Crippen molar-refractivity contribution in [1.82, 2.24) is 20.9 Å². The highest BCUT2D eigenvalue weighted by atomic mass is 32.1. The van der Waals surface area contributed by atoms with Crippen LogP contribution in [-0.2, 0) is 17.9 Å². The summed E-state index contributed by atoms with van der Waals surface area (Å²) in [5.74, 6) is 0.534. The molecule has 3 rings (SSSR count). The van der Waals surface area contributed by atoms with Crippen LogP contribution in [0.25, 0.3) is 0 Å². The van der Waals surface area contributed by atoms with Crippen molar-refractivity contribution in [2.24, 2.45) is 4.99 Å². The first-order chi connectivity index (χ1) is 13.7. The van der Waals surface area contributed by atoms with E-state index in [0.717, 1.165) is 18.1 Å². The van der Waals surface area contributed by atoms with Crippen LogP contribution >= 0.6 is 11.3 Å². The first-order valence-corrected chi connectivity index (χ1v) is 10.3. The Morgan fingerprint density at radius 1 is 1.21 bits per heavy atom. The van der Waals surface area contributed by atoms with E-state index >= 15 is 0 Å². The maximum absolute atomic E-state index is 12.5. The van der Waals surface area contributed by atoms with Gasteiger partial charge in [-0.15, -0.1) is 0 Å². The first-order valence-electron chi connectivity index (χ1n) is 9.34. The van der Waals surface area contributed by atoms with Gasteiger partial charge in [-0.25, -0.2) is 4.99 Å². The summed E-state index contributed by atoms with van der Waals surface area (Å²) in [6.07, 6.45) is 0. The lowest BCUT2D eigenvalue weighted by atomic mass is 10.1. The molecule has 8 heteroatoms. The molecule has 148 valence electrons. The molecular formula is C20H25N5O2S. The molecule has 3 N–H and O–H groups in total. The van der Waals surface area contributed by atoms with Gasteiger partial charge in [0.1, 0.15) is 0 Å². The van der Waals surface area contributed by atoms with Crippen LogP contribution in [-0.4, -0.2) is 48.9 Å². The molecule has 1 aromatic heterocycles. The lowest BCUT2D eigenvalue weighted by Gasteiger charge is -2.26. The Hall–Kier alpha value is -2.87. The fourth-order valence-corrected chi connectivity index (χ4v) is 3.50. The van der Waals surface area contributed by atoms with Crippen LogP contribution in [0, 0.1) is 0 Å². The summed E-state index contributed by atoms with van der Waals surface area (Å²) < 4.78 is 0. The molecule has 0 atom stereocenters. The Balaban J connectivity index is 1.56. The molecule has 0 unspecified atom stereocenters. The number of benzene rings is 1. The van der Waals surface area contributed by atoms with Crippen molar-refractivity contribution < 1.29 is 9.59 Å². The zero-order valence-electron chi connectivity index (χ0n) is 15.9. The summed E-state index contributed by atoms with van der Waals surface area (Å²) in [6.45, 7) is 5.22. The number of hydrogen-bond acceptors (Lipinski definition) is 4. The maximum Gasteiger partial charge on any atom is 0.254 e. The Bertz CT molecular complexity index is 818. The van der Waals surface area contributed by atoms with E-state index in [-0.39, 0.29) is 18.4 Å². The van der Waals surface area contributed by atoms with Gasteiger partial charge in [0, 0.05) is 31.7 Å². The number of aliphatic imine (C=N–C) groups is 1. The molecule has 1 aliphatic heterocycles. The van der Waals surface area contributed by atoms with Crippen LogP contribution in [0.2, 0.25) is 0 Å². The second kappa shape index (κ2) is 9.89. The normalized spacial score (nSPS) is 14.5. The molecule has 28 heavy (non-hydrogen) atoms. The highest BCUT2D eigenvalue weighted by Gasteiger charge is 2.22. The van der Waals surface area contributed by atoms with Crippen LogP contribution in [0.3, 0.4) is 0 Å². The second-order valence-electron chi connectivity index (χ2n) is 6.45. The maximum atomic E-state index is 12.5. The number of carbonyl (C=O) groups is 2. The zero-order valence-corrected chi connectivity index (χ0v) is 16.7. The van der Waals surface area contributed by atoms with E-state index in [1.54, 1.807) is 28.4 Å². The third-order valence-electron chi connectivity index (χ3n) is 4.33. The topological polar surface area (TPSA) is 85.8 Å². The number of nitrogens with zero attached hydrogens (tertiary/aromatic N) is 2. The van der Waals surface area contributed by atoms with E-state index in [2.05, 4.69) is 32.4 Å². The predicted octanol–water partition coefficient (Wildman–Crippen LogP) is 1.58. The van der Waals surface area contributed by atoms with E-state index in [9.17, 15) is 9.59 Å². The minimum atomic E-state index is -0.113. The summed E-state index contributed by atoms with van der Waals surface area (Å²) in [6, 6.07) is 9.53. The minimum Gasteiger partial charge on any atom is -0.357 e. The molecule has 2 heterocycles. The molecule has 2 aromatic rings. The molecule has 7 nitrogen and oxygen atoms in total. The number of piperazine rings is 1. The average molecular weight is 400 g/mol. The van der Waals surface area contributed by atoms with Gasteiger partial charge in [-0.3, -0.25) is 9.59 Å². The van der Waals surface area contributed by atoms with Gasteiger partial charge in [-0.05, 0) is 47.0 Å². The molecule has 0 radical (unpaired) electrons. The largest absolute Gasteiger partial charge is 0.357 e. The predicted molar refractivity (Wildman–Crippen MR) is 111 cm³/mol. The second-order valence-corrected chi connectivity index (χ2v) is 7.23. The Kier molecular flexibility index (Phi) is 7.02. The third-order valence-corrected chi connectivity index (χ3v) is 5.06. The molecule has 2 amide bonds. The summed E-state index contributed by atoms with van der Waals surface area (Å²) >= 11 is 1.67. The van der Waals surface area contributed by atoms with Gasteiger partial charge in [0.05, 0.1) is 13.1 Å². The van der Waals surface area contributed by atoms with Crippen molar-refractivity contribution in [3.63, 3.8) is 0 Å². The Labute approximate surface area is 168 Å². The molecule has 0 bridgehead atoms. The fraction of sp³-hybridized carbons (Fsp3) is 0.350. The number of carbonyl (C=O) groups excluding carboxylic acids is 2. The molecule has 0 saturated carbocycles. The molecule has 0 spiro atoms. The van der Waals surface area contributed by atoms with E-state index in [4.69, 9.17) is 0 Å². The highest BCUT2D eigenvalue weighted by Crippen LogP contribution is 2.09. The molecule has 1 aromatic carbocycles. The van der Waals surface area contributed by atoms with Crippen LogP contribution in [0.1, 0.15) is 28.4 Å². The van der Waals surface area contributed by atoms with Crippen molar-refractivity contribution in [2.75, 3.05) is 26.2 Å². The zero-order chi connectivity index (χ0) is 19.8. The van der Waals surface area contributed by atoms with Gasteiger partial charge >= 0.3 is 0 Å². The first kappa shape index (κ1) is 19.9. The molecular weight excluding hydrogens is 374 g/mol. The van der Waals surface area contributed by atoms with Crippen molar-refractivity contribution in [2.45, 2.75) is 20.0 Å². The SMILES string of the molecule is CCNC(=NCc1ccsc1)NCc1ccc(C(=O)N2CCNC(=O)C2)cc1. The molecule has 1 fully saturated rings. The van der Waals surface area contributed by atoms with Crippen molar-refractivity contribution in [3.05, 3.63) is 57.8 Å². The third kappa shape index (κ3) is 5.56. The quantitative estimate of drug-likeness (QED) is 0.509. The minimum absolute atomic E-state index is 0.111. The van der Waals surface area contributed by atoms with Gasteiger partial charge in [0.2, 0.25) is 5.91 Å². The van der Waals surface area contributed by atoms with E-state index in [1.807, 2.05) is 24.4 Å². The van der Waals surface area contributed by atoms with E-state index in [1.165, 1.54) is 5.56 Å². The smallest absolute Gasteiger partial charge is 0.254 e. The standard InChI is InChI=1S/C20H25N5O2S/c1-2-21-20(24-12-16-7-10-28-14-16)23-11-15-3-5-17(6-4-15)19(27)25-9-8-22-18(26)13-25/h3-7,10,14H,2,8-9,11-13H2,1H3,(H,22,26)(H2,21,23,24). The Morgan fingerprint density at radius 3 is 2.71 bits per heavy atom. The monoisotopic (exact) mass is 399 g/mol. The van der Waals surface area contributed by atoms with Gasteiger partial charge < -0.3 is 20.9 Å². The van der Waals surface area contributed by atoms with Crippen LogP contribution in [0.5, 0.6) is 0 Å². The summed E-state index contributed by atoms with van der Waals surface area (Å²) in [5.41, 5.74) is 2.84. The number of guanidine groups is 1. The van der Waals surface area contributed by atoms with Crippen LogP contribution < -0.4 is 16.0 Å². The molecule has 1 saturated heterocycles. The van der Waals surface area contributed by atoms with Crippen LogP contribution in [0.4, 0.5) is 0 Å². The number of hydrogen-bond donors (Lipinski definition) is 3. The van der Waals surface area contributed by atoms with Gasteiger partial charge in [0.25, 0.3) is 5.91 Å². The van der Waals surface area contributed by atoms with Crippen molar-refractivity contribution in [1.29, 1.82) is 0 Å². The summed E-state index contributed by atoms with van der Waals surface area (Å²) in [4.78, 5) is 30.1. The number of rotatable bonds is 6. The summed E-state index contributed by atoms with van der Waals surface area (Å²) in [7, 11) is 0. The average Bonchev–Trinajstić information content (AvgIpc) is 3.23. The van der Waals surface area contributed by atoms with Crippen molar-refractivity contribution >= 4 is 29.1 Å². The van der Waals surface area contributed by atoms with Crippen molar-refractivity contribution in [3.8, 4) is 0 Å². The summed E-state index contributed by atoms with van der Waals surface area (Å²) in [5, 5.41) is 13.4. The van der Waals surface area contributed by atoms with Gasteiger partial charge in [-0.1, -0.05) is 12.1 Å². The van der Waals surface area contributed by atoms with Gasteiger partial charge in [-0.2, -0.15) is 11.3 Å². The van der Waals surface area contributed by atoms with E-state index < -0.39 is 0 Å². The highest BCUT2D eigenvalue weighted by molar-refractivity contribution is 7.07. The number of thiophene rings is 1. The van der Waals surface area contributed by atoms with Gasteiger partial charge in [0.15, 0.2) is 5.96 Å².